The first-order chi connectivity index (χ1) is 27.7. The number of fused-ring (bicyclic) bond motifs is 7. The number of benzene rings is 8. The van der Waals surface area contributed by atoms with E-state index in [-0.39, 0.29) is 27.2 Å². The minimum atomic E-state index is -0.692. The molecular weight excluding hydrogens is 534 g/mol. The molecule has 0 spiro atoms. The maximum atomic E-state index is 9.59. The van der Waals surface area contributed by atoms with Gasteiger partial charge in [-0.15, -0.1) is 0 Å². The minimum absolute atomic E-state index is 0.105. The lowest BCUT2D eigenvalue weighted by Crippen LogP contribution is -2.10. The van der Waals surface area contributed by atoms with E-state index in [1.54, 1.807) is 18.2 Å². The summed E-state index contributed by atoms with van der Waals surface area (Å²) in [4.78, 5) is 1.15. The molecule has 0 atom stereocenters. The zero-order valence-electron chi connectivity index (χ0n) is 36.9. The van der Waals surface area contributed by atoms with Crippen LogP contribution in [0.3, 0.4) is 0 Å². The van der Waals surface area contributed by atoms with Gasteiger partial charge < -0.3 is 9.32 Å². The highest BCUT2D eigenvalue weighted by Gasteiger charge is 2.22. The topological polar surface area (TPSA) is 16.4 Å². The molecule has 44 heavy (non-hydrogen) atoms. The zero-order chi connectivity index (χ0) is 41.2. The fraction of sp³-hybridized carbons (Fsp3) is 0. The first kappa shape index (κ1) is 14.5. The molecule has 2 nitrogen and oxygen atoms in total. The van der Waals surface area contributed by atoms with Crippen molar-refractivity contribution in [3.8, 4) is 11.1 Å². The smallest absolute Gasteiger partial charge is 0.143 e. The van der Waals surface area contributed by atoms with Crippen LogP contribution in [-0.4, -0.2) is 0 Å². The number of anilines is 3. The fourth-order valence-corrected chi connectivity index (χ4v) is 5.79. The third-order valence-corrected chi connectivity index (χ3v) is 7.73. The van der Waals surface area contributed by atoms with E-state index in [9.17, 15) is 5.48 Å². The number of furan rings is 1. The van der Waals surface area contributed by atoms with E-state index in [0.717, 1.165) is 26.8 Å². The molecule has 0 radical (unpaired) electrons. The molecule has 0 saturated heterocycles. The summed E-state index contributed by atoms with van der Waals surface area (Å²) in [6, 6.07) is 14.9. The standard InChI is InChI=1S/C42H27NO/c1-2-13-30(14-3-1)37-27-38-41-39(19-10-20-40(41)44-42(38)36-18-9-8-17-35(36)37)43(33-23-21-28-11-4-6-15-31(28)25-33)34-24-22-29-12-5-7-16-32(29)26-34/h1-27H/i4D,5D,6D,7D,11D,12D,15D,16D,21D,22D,23D,24D,25D,26D. The van der Waals surface area contributed by atoms with Crippen LogP contribution >= 0.6 is 0 Å². The van der Waals surface area contributed by atoms with Crippen molar-refractivity contribution in [2.24, 2.45) is 0 Å². The normalized spacial score (nSPS) is 16.1. The Morgan fingerprint density at radius 1 is 0.523 bits per heavy atom. The van der Waals surface area contributed by atoms with Crippen LogP contribution in [0.5, 0.6) is 0 Å². The summed E-state index contributed by atoms with van der Waals surface area (Å²) in [5.74, 6) is 0. The van der Waals surface area contributed by atoms with Gasteiger partial charge in [0.25, 0.3) is 0 Å². The summed E-state index contributed by atoms with van der Waals surface area (Å²) < 4.78 is 131. The van der Waals surface area contributed by atoms with Gasteiger partial charge in [-0.05, 0) is 80.4 Å². The van der Waals surface area contributed by atoms with Gasteiger partial charge in [0.1, 0.15) is 11.2 Å². The molecule has 2 heteroatoms. The Labute approximate surface area is 274 Å². The van der Waals surface area contributed by atoms with Crippen molar-refractivity contribution >= 4 is 71.3 Å². The average Bonchev–Trinajstić information content (AvgIpc) is 3.62. The van der Waals surface area contributed by atoms with Crippen LogP contribution in [-0.2, 0) is 0 Å². The van der Waals surface area contributed by atoms with E-state index < -0.39 is 96.0 Å². The molecule has 8 aromatic carbocycles. The lowest BCUT2D eigenvalue weighted by atomic mass is 9.95. The van der Waals surface area contributed by atoms with Crippen LogP contribution in [0.25, 0.3) is 65.4 Å². The molecule has 0 fully saturated rings. The van der Waals surface area contributed by atoms with Crippen molar-refractivity contribution < 1.29 is 23.6 Å². The molecule has 0 aliphatic rings. The van der Waals surface area contributed by atoms with Crippen molar-refractivity contribution in [1.82, 2.24) is 0 Å². The Morgan fingerprint density at radius 3 is 1.82 bits per heavy atom. The van der Waals surface area contributed by atoms with Crippen molar-refractivity contribution in [1.29, 1.82) is 0 Å². The van der Waals surface area contributed by atoms with E-state index in [1.807, 2.05) is 60.7 Å². The number of rotatable bonds is 4. The summed E-state index contributed by atoms with van der Waals surface area (Å²) >= 11 is 0. The largest absolute Gasteiger partial charge is 0.455 e. The summed E-state index contributed by atoms with van der Waals surface area (Å²) in [5, 5.41) is 1.03. The van der Waals surface area contributed by atoms with Gasteiger partial charge in [0.2, 0.25) is 0 Å². The maximum absolute atomic E-state index is 9.59. The molecule has 0 bridgehead atoms. The molecule has 0 amide bonds. The Kier molecular flexibility index (Phi) is 3.26. The Morgan fingerprint density at radius 2 is 1.14 bits per heavy atom. The molecule has 1 heterocycles. The van der Waals surface area contributed by atoms with Gasteiger partial charge in [-0.3, -0.25) is 0 Å². The van der Waals surface area contributed by atoms with Crippen molar-refractivity contribution in [2.45, 2.75) is 0 Å². The van der Waals surface area contributed by atoms with Crippen LogP contribution in [0.2, 0.25) is 0 Å². The summed E-state index contributed by atoms with van der Waals surface area (Å²) in [6.45, 7) is 0. The van der Waals surface area contributed by atoms with Crippen LogP contribution in [0.4, 0.5) is 17.1 Å². The quantitative estimate of drug-likeness (QED) is 0.207. The van der Waals surface area contributed by atoms with E-state index in [1.165, 1.54) is 0 Å². The van der Waals surface area contributed by atoms with Gasteiger partial charge in [-0.1, -0.05) is 121 Å². The molecule has 206 valence electrons. The predicted octanol–water partition coefficient (Wildman–Crippen LogP) is 12.2. The van der Waals surface area contributed by atoms with E-state index in [4.69, 9.17) is 18.1 Å². The van der Waals surface area contributed by atoms with Gasteiger partial charge in [-0.25, -0.2) is 0 Å². The monoisotopic (exact) mass is 575 g/mol. The molecule has 0 saturated carbocycles. The predicted molar refractivity (Wildman–Crippen MR) is 186 cm³/mol. The Balaban J connectivity index is 1.52. The second kappa shape index (κ2) is 9.86. The molecule has 9 rings (SSSR count). The van der Waals surface area contributed by atoms with Gasteiger partial charge in [0, 0.05) is 22.1 Å². The molecule has 0 aliphatic carbocycles. The Bertz CT molecular complexity index is 3170. The molecule has 9 aromatic rings. The van der Waals surface area contributed by atoms with Crippen molar-refractivity contribution in [2.75, 3.05) is 4.90 Å². The fourth-order valence-electron chi connectivity index (χ4n) is 5.79. The number of nitrogens with zero attached hydrogens (tertiary/aromatic N) is 1. The third-order valence-electron chi connectivity index (χ3n) is 7.73. The van der Waals surface area contributed by atoms with E-state index in [0.29, 0.717) is 21.9 Å². The first-order valence-corrected chi connectivity index (χ1v) is 13.9. The second-order valence-electron chi connectivity index (χ2n) is 10.2. The maximum Gasteiger partial charge on any atom is 0.143 e. The van der Waals surface area contributed by atoms with E-state index in [2.05, 4.69) is 0 Å². The highest BCUT2D eigenvalue weighted by Crippen LogP contribution is 2.46. The lowest BCUT2D eigenvalue weighted by Gasteiger charge is -2.27. The van der Waals surface area contributed by atoms with Crippen LogP contribution < -0.4 is 4.90 Å². The minimum Gasteiger partial charge on any atom is -0.455 e. The Hall–Kier alpha value is -5.86. The summed E-state index contributed by atoms with van der Waals surface area (Å²) in [5.41, 5.74) is 1.68. The first-order valence-electron chi connectivity index (χ1n) is 20.9. The van der Waals surface area contributed by atoms with E-state index >= 15 is 0 Å². The summed E-state index contributed by atoms with van der Waals surface area (Å²) in [6.07, 6.45) is 0. The molecule has 0 N–H and O–H groups in total. The van der Waals surface area contributed by atoms with Crippen LogP contribution in [0.1, 0.15) is 19.2 Å². The van der Waals surface area contributed by atoms with Crippen molar-refractivity contribution in [3.05, 3.63) is 163 Å². The second-order valence-corrected chi connectivity index (χ2v) is 10.2. The number of hydrogen-bond acceptors (Lipinski definition) is 2. The van der Waals surface area contributed by atoms with Gasteiger partial charge >= 0.3 is 0 Å². The SMILES string of the molecule is [2H]c1c([2H])c([2H])c2c([2H])c(N(c3c([2H])c([2H])c4c([2H])c([2H])c([2H])c([2H])c4c3[2H])c3cccc4oc5c6ccccc6c(-c6ccccc6)cc5c34)c([2H])c([2H])c2c1[2H]. The van der Waals surface area contributed by atoms with Gasteiger partial charge in [0.15, 0.2) is 0 Å². The van der Waals surface area contributed by atoms with Crippen LogP contribution in [0, 0.1) is 0 Å². The molecule has 1 aromatic heterocycles. The third kappa shape index (κ3) is 3.89. The highest BCUT2D eigenvalue weighted by molar-refractivity contribution is 6.22. The number of hydrogen-bond donors (Lipinski definition) is 0. The molecule has 0 aliphatic heterocycles. The summed E-state index contributed by atoms with van der Waals surface area (Å²) in [7, 11) is 0. The zero-order valence-corrected chi connectivity index (χ0v) is 22.9. The van der Waals surface area contributed by atoms with Gasteiger partial charge in [0.05, 0.1) is 30.3 Å². The molecular formula is C42H27NO. The highest BCUT2D eigenvalue weighted by atomic mass is 16.3. The molecule has 0 unspecified atom stereocenters. The van der Waals surface area contributed by atoms with Crippen LogP contribution in [0.15, 0.2) is 168 Å². The van der Waals surface area contributed by atoms with Gasteiger partial charge in [-0.2, -0.15) is 0 Å². The average molecular weight is 576 g/mol. The lowest BCUT2D eigenvalue weighted by molar-refractivity contribution is 0.672. The van der Waals surface area contributed by atoms with Crippen molar-refractivity contribution in [3.63, 3.8) is 0 Å².